The fourth-order valence-corrected chi connectivity index (χ4v) is 9.09. The van der Waals surface area contributed by atoms with E-state index in [4.69, 9.17) is 34.8 Å². The molecule has 2 aliphatic rings. The van der Waals surface area contributed by atoms with Crippen molar-refractivity contribution in [3.05, 3.63) is 86.1 Å². The number of carbonyl (C=O) groups is 1. The van der Waals surface area contributed by atoms with Gasteiger partial charge in [0.2, 0.25) is 0 Å². The summed E-state index contributed by atoms with van der Waals surface area (Å²) in [6, 6.07) is 12.0. The maximum absolute atomic E-state index is 14.0. The van der Waals surface area contributed by atoms with Gasteiger partial charge in [-0.1, -0.05) is 40.9 Å². The fraction of sp³-hybridized carbons (Fsp3) is 0.259. The van der Waals surface area contributed by atoms with Crippen molar-refractivity contribution in [2.45, 2.75) is 24.1 Å². The lowest BCUT2D eigenvalue weighted by molar-refractivity contribution is -0.128. The first-order chi connectivity index (χ1) is 19.1. The Hall–Kier alpha value is -2.60. The van der Waals surface area contributed by atoms with E-state index >= 15 is 0 Å². The summed E-state index contributed by atoms with van der Waals surface area (Å²) in [6.07, 6.45) is 1.67. The topological polar surface area (TPSA) is 87.5 Å². The summed E-state index contributed by atoms with van der Waals surface area (Å²) < 4.78 is 31.7. The normalized spacial score (nSPS) is 18.2. The molecule has 0 spiro atoms. The van der Waals surface area contributed by atoms with Crippen LogP contribution >= 0.6 is 46.1 Å². The molecular weight excluding hydrogens is 613 g/mol. The summed E-state index contributed by atoms with van der Waals surface area (Å²) in [5, 5.41) is 9.94. The van der Waals surface area contributed by atoms with Crippen molar-refractivity contribution >= 4 is 78.0 Å². The molecule has 208 valence electrons. The monoisotopic (exact) mass is 635 g/mol. The molecule has 2 aliphatic heterocycles. The second kappa shape index (κ2) is 10.3. The van der Waals surface area contributed by atoms with Crippen molar-refractivity contribution in [2.24, 2.45) is 0 Å². The number of aryl methyl sites for hydroxylation is 1. The van der Waals surface area contributed by atoms with Gasteiger partial charge < -0.3 is 10.2 Å². The van der Waals surface area contributed by atoms with Gasteiger partial charge in [0.15, 0.2) is 0 Å². The number of anilines is 1. The first kappa shape index (κ1) is 27.6. The van der Waals surface area contributed by atoms with Crippen LogP contribution in [0.25, 0.3) is 10.1 Å². The summed E-state index contributed by atoms with van der Waals surface area (Å²) in [6.45, 7) is 4.54. The Bertz CT molecular complexity index is 1810. The fourth-order valence-electron chi connectivity index (χ4n) is 5.31. The Morgan fingerprint density at radius 3 is 2.48 bits per heavy atom. The van der Waals surface area contributed by atoms with Crippen LogP contribution in [0, 0.1) is 6.92 Å². The van der Waals surface area contributed by atoms with E-state index in [1.54, 1.807) is 47.0 Å². The van der Waals surface area contributed by atoms with Crippen LogP contribution in [0.15, 0.2) is 64.1 Å². The third-order valence-electron chi connectivity index (χ3n) is 7.35. The molecule has 4 heterocycles. The molecule has 4 aromatic rings. The van der Waals surface area contributed by atoms with Crippen molar-refractivity contribution < 1.29 is 13.2 Å². The molecule has 1 saturated heterocycles. The molecule has 0 radical (unpaired) electrons. The molecule has 1 unspecified atom stereocenters. The molecule has 2 aromatic carbocycles. The van der Waals surface area contributed by atoms with E-state index in [0.29, 0.717) is 36.1 Å². The zero-order valence-electron chi connectivity index (χ0n) is 21.5. The van der Waals surface area contributed by atoms with Crippen LogP contribution in [0.4, 0.5) is 5.82 Å². The maximum atomic E-state index is 14.0. The summed E-state index contributed by atoms with van der Waals surface area (Å²) in [4.78, 5) is 15.7. The second-order valence-electron chi connectivity index (χ2n) is 9.75. The molecule has 13 heteroatoms. The number of benzene rings is 2. The lowest BCUT2D eigenvalue weighted by Crippen LogP contribution is -2.51. The van der Waals surface area contributed by atoms with Gasteiger partial charge in [0.25, 0.3) is 15.9 Å². The van der Waals surface area contributed by atoms with E-state index in [1.165, 1.54) is 15.6 Å². The quantitative estimate of drug-likeness (QED) is 0.289. The number of rotatable bonds is 4. The van der Waals surface area contributed by atoms with Crippen LogP contribution in [0.2, 0.25) is 15.1 Å². The van der Waals surface area contributed by atoms with Crippen molar-refractivity contribution in [2.75, 3.05) is 31.5 Å². The number of hydrogen-bond acceptors (Lipinski definition) is 6. The summed E-state index contributed by atoms with van der Waals surface area (Å²) in [7, 11) is -3.74. The third-order valence-corrected chi connectivity index (χ3v) is 12.1. The zero-order valence-corrected chi connectivity index (χ0v) is 25.4. The number of hydrogen-bond donors (Lipinski definition) is 1. The van der Waals surface area contributed by atoms with E-state index in [-0.39, 0.29) is 32.1 Å². The van der Waals surface area contributed by atoms with Gasteiger partial charge in [0.1, 0.15) is 16.1 Å². The standard InChI is InChI=1S/C27H24Cl3N5O3S2/c1-15-19-14-18(28)4-6-22(19)39-27(15)40(37,38)34-11-9-33(10-12-34)26(36)24-16(2)32-23-7-8-31-35(23)25(24)17-3-5-20(29)21(30)13-17/h3-8,13-14,25,32H,9-12H2,1-2H3. The highest BCUT2D eigenvalue weighted by molar-refractivity contribution is 7.91. The molecule has 40 heavy (non-hydrogen) atoms. The average molecular weight is 637 g/mol. The lowest BCUT2D eigenvalue weighted by atomic mass is 9.94. The third kappa shape index (κ3) is 4.60. The van der Waals surface area contributed by atoms with E-state index < -0.39 is 16.1 Å². The minimum absolute atomic E-state index is 0.187. The Morgan fingerprint density at radius 2 is 1.75 bits per heavy atom. The van der Waals surface area contributed by atoms with Gasteiger partial charge in [-0.25, -0.2) is 13.1 Å². The number of aromatic nitrogens is 2. The zero-order chi connectivity index (χ0) is 28.3. The van der Waals surface area contributed by atoms with Gasteiger partial charge in [-0.3, -0.25) is 4.79 Å². The predicted molar refractivity (Wildman–Crippen MR) is 160 cm³/mol. The van der Waals surface area contributed by atoms with Gasteiger partial charge in [0.05, 0.1) is 21.8 Å². The van der Waals surface area contributed by atoms with Gasteiger partial charge >= 0.3 is 0 Å². The van der Waals surface area contributed by atoms with Crippen LogP contribution in [0.5, 0.6) is 0 Å². The highest BCUT2D eigenvalue weighted by Gasteiger charge is 2.38. The molecule has 0 bridgehead atoms. The highest BCUT2D eigenvalue weighted by Crippen LogP contribution is 2.40. The van der Waals surface area contributed by atoms with Crippen LogP contribution in [0.3, 0.4) is 0 Å². The molecule has 0 saturated carbocycles. The molecule has 1 fully saturated rings. The molecule has 1 N–H and O–H groups in total. The van der Waals surface area contributed by atoms with Gasteiger partial charge in [-0.15, -0.1) is 11.3 Å². The Balaban J connectivity index is 1.26. The van der Waals surface area contributed by atoms with Crippen molar-refractivity contribution in [1.82, 2.24) is 19.0 Å². The van der Waals surface area contributed by atoms with Crippen molar-refractivity contribution in [3.8, 4) is 0 Å². The Kier molecular flexibility index (Phi) is 7.13. The van der Waals surface area contributed by atoms with Crippen molar-refractivity contribution in [3.63, 3.8) is 0 Å². The molecular formula is C27H24Cl3N5O3S2. The smallest absolute Gasteiger partial charge is 0.254 e. The van der Waals surface area contributed by atoms with Crippen LogP contribution in [-0.4, -0.2) is 59.5 Å². The molecule has 8 nitrogen and oxygen atoms in total. The first-order valence-corrected chi connectivity index (χ1v) is 15.9. The summed E-state index contributed by atoms with van der Waals surface area (Å²) in [5.41, 5.74) is 2.67. The second-order valence-corrected chi connectivity index (χ2v) is 14.2. The molecule has 0 aliphatic carbocycles. The first-order valence-electron chi connectivity index (χ1n) is 12.5. The molecule has 6 rings (SSSR count). The maximum Gasteiger partial charge on any atom is 0.254 e. The Morgan fingerprint density at radius 1 is 1.00 bits per heavy atom. The molecule has 2 aromatic heterocycles. The van der Waals surface area contributed by atoms with E-state index in [0.717, 1.165) is 21.5 Å². The number of carbonyl (C=O) groups excluding carboxylic acids is 1. The van der Waals surface area contributed by atoms with E-state index in [9.17, 15) is 13.2 Å². The predicted octanol–water partition coefficient (Wildman–Crippen LogP) is 6.19. The minimum atomic E-state index is -3.74. The largest absolute Gasteiger partial charge is 0.344 e. The number of fused-ring (bicyclic) bond motifs is 2. The minimum Gasteiger partial charge on any atom is -0.344 e. The summed E-state index contributed by atoms with van der Waals surface area (Å²) >= 11 is 19.9. The Labute approximate surface area is 250 Å². The van der Waals surface area contributed by atoms with Crippen LogP contribution in [0.1, 0.15) is 24.1 Å². The summed E-state index contributed by atoms with van der Waals surface area (Å²) in [5.74, 6) is 0.563. The van der Waals surface area contributed by atoms with Gasteiger partial charge in [-0.2, -0.15) is 9.40 Å². The van der Waals surface area contributed by atoms with E-state index in [1.807, 2.05) is 25.1 Å². The number of allylic oxidation sites excluding steroid dienone is 1. The number of halogens is 3. The van der Waals surface area contributed by atoms with Gasteiger partial charge in [0, 0.05) is 47.7 Å². The number of piperazine rings is 1. The average Bonchev–Trinajstić information content (AvgIpc) is 3.53. The van der Waals surface area contributed by atoms with E-state index in [2.05, 4.69) is 10.4 Å². The number of nitrogens with zero attached hydrogens (tertiary/aromatic N) is 4. The highest BCUT2D eigenvalue weighted by atomic mass is 35.5. The van der Waals surface area contributed by atoms with Crippen molar-refractivity contribution in [1.29, 1.82) is 0 Å². The van der Waals surface area contributed by atoms with Crippen LogP contribution < -0.4 is 5.32 Å². The van der Waals surface area contributed by atoms with Crippen LogP contribution in [-0.2, 0) is 14.8 Å². The molecule has 1 atom stereocenters. The van der Waals surface area contributed by atoms with Gasteiger partial charge in [-0.05, 0) is 60.7 Å². The SMILES string of the molecule is CC1=C(C(=O)N2CCN(S(=O)(=O)c3sc4ccc(Cl)cc4c3C)CC2)C(c2ccc(Cl)c(Cl)c2)n2nccc2N1. The number of amides is 1. The number of sulfonamides is 1. The molecule has 1 amide bonds. The lowest BCUT2D eigenvalue weighted by Gasteiger charge is -2.37. The number of thiophene rings is 1. The number of nitrogens with one attached hydrogen (secondary N) is 1.